The number of benzene rings is 1. The van der Waals surface area contributed by atoms with Crippen LogP contribution in [-0.2, 0) is 6.54 Å². The summed E-state index contributed by atoms with van der Waals surface area (Å²) >= 11 is 0. The van der Waals surface area contributed by atoms with Gasteiger partial charge in [0.15, 0.2) is 0 Å². The average molecular weight is 408 g/mol. The van der Waals surface area contributed by atoms with E-state index in [1.54, 1.807) is 0 Å². The number of hydrogen-bond donors (Lipinski definition) is 1. The van der Waals surface area contributed by atoms with Crippen LogP contribution >= 0.6 is 0 Å². The van der Waals surface area contributed by atoms with Gasteiger partial charge in [0.25, 0.3) is 11.4 Å². The lowest BCUT2D eigenvalue weighted by atomic mass is 10.1. The molecule has 12 nitrogen and oxygen atoms in total. The van der Waals surface area contributed by atoms with E-state index in [4.69, 9.17) is 9.52 Å². The Morgan fingerprint density at radius 3 is 1.93 bits per heavy atom. The third-order valence-electron chi connectivity index (χ3n) is 4.28. The van der Waals surface area contributed by atoms with Gasteiger partial charge in [0.05, 0.1) is 33.4 Å². The van der Waals surface area contributed by atoms with E-state index < -0.39 is 37.6 Å². The van der Waals surface area contributed by atoms with Gasteiger partial charge >= 0.3 is 11.4 Å². The average Bonchev–Trinajstić information content (AvgIpc) is 3.07. The lowest BCUT2D eigenvalue weighted by Crippen LogP contribution is -2.28. The second-order valence-corrected chi connectivity index (χ2v) is 6.45. The fourth-order valence-electron chi connectivity index (χ4n) is 2.88. The number of aromatic hydroxyl groups is 1. The van der Waals surface area contributed by atoms with Crippen molar-refractivity contribution >= 4 is 17.1 Å². The first-order valence-electron chi connectivity index (χ1n) is 8.77. The van der Waals surface area contributed by atoms with E-state index in [1.165, 1.54) is 32.4 Å². The highest BCUT2D eigenvalue weighted by Crippen LogP contribution is 2.38. The monoisotopic (exact) mass is 408 g/mol. The molecule has 1 aliphatic rings. The molecular formula is C17H20N4O8. The van der Waals surface area contributed by atoms with Crippen molar-refractivity contribution < 1.29 is 24.3 Å². The van der Waals surface area contributed by atoms with E-state index in [0.717, 1.165) is 18.1 Å². The second-order valence-electron chi connectivity index (χ2n) is 6.45. The molecule has 0 atom stereocenters. The third-order valence-corrected chi connectivity index (χ3v) is 4.28. The molecule has 0 bridgehead atoms. The van der Waals surface area contributed by atoms with Crippen LogP contribution in [0.1, 0.15) is 30.8 Å². The van der Waals surface area contributed by atoms with Gasteiger partial charge in [-0.2, -0.15) is 0 Å². The van der Waals surface area contributed by atoms with Crippen LogP contribution < -0.4 is 0 Å². The highest BCUT2D eigenvalue weighted by Gasteiger charge is 2.30. The van der Waals surface area contributed by atoms with Crippen LogP contribution in [0, 0.1) is 37.3 Å². The summed E-state index contributed by atoms with van der Waals surface area (Å²) in [5, 5.41) is 40.2. The molecule has 2 aromatic rings. The van der Waals surface area contributed by atoms with Crippen LogP contribution in [0.4, 0.5) is 17.1 Å². The van der Waals surface area contributed by atoms with Gasteiger partial charge < -0.3 is 9.52 Å². The third kappa shape index (κ3) is 5.97. The van der Waals surface area contributed by atoms with Gasteiger partial charge in [0, 0.05) is 0 Å². The first kappa shape index (κ1) is 21.8. The maximum absolute atomic E-state index is 10.4. The van der Waals surface area contributed by atoms with Crippen LogP contribution in [0.2, 0.25) is 0 Å². The largest absolute Gasteiger partial charge is 0.497 e. The summed E-state index contributed by atoms with van der Waals surface area (Å²) in [6.07, 6.45) is 4.09. The Hall–Kier alpha value is -3.54. The number of hydrogen-bond acceptors (Lipinski definition) is 9. The lowest BCUT2D eigenvalue weighted by molar-refractivity contribution is -0.404. The quantitative estimate of drug-likeness (QED) is 0.573. The van der Waals surface area contributed by atoms with Crippen molar-refractivity contribution in [3.63, 3.8) is 0 Å². The van der Waals surface area contributed by atoms with Crippen molar-refractivity contribution in [1.29, 1.82) is 0 Å². The standard InChI is InChI=1S/C11H17NO.C6H3N3O7/c1-10-5-6-11(13-10)9-12-7-3-2-4-8-12;10-6-4(8(13)14)1-3(7(11)12)2-5(6)9(15)16/h5-6H,2-4,7-9H2,1H3;1-2,10H. The highest BCUT2D eigenvalue weighted by atomic mass is 16.6. The molecule has 0 unspecified atom stereocenters. The molecule has 1 aromatic heterocycles. The van der Waals surface area contributed by atoms with Crippen LogP contribution in [-0.4, -0.2) is 37.9 Å². The van der Waals surface area contributed by atoms with E-state index in [2.05, 4.69) is 11.0 Å². The Labute approximate surface area is 164 Å². The number of piperidine rings is 1. The Morgan fingerprint density at radius 2 is 1.52 bits per heavy atom. The summed E-state index contributed by atoms with van der Waals surface area (Å²) < 4.78 is 5.54. The summed E-state index contributed by atoms with van der Waals surface area (Å²) in [6.45, 7) is 5.47. The molecule has 0 radical (unpaired) electrons. The molecule has 2 heterocycles. The molecule has 29 heavy (non-hydrogen) atoms. The van der Waals surface area contributed by atoms with Crippen molar-refractivity contribution in [2.45, 2.75) is 32.7 Å². The predicted molar refractivity (Wildman–Crippen MR) is 101 cm³/mol. The van der Waals surface area contributed by atoms with E-state index in [0.29, 0.717) is 12.1 Å². The zero-order chi connectivity index (χ0) is 21.6. The number of furan rings is 1. The summed E-state index contributed by atoms with van der Waals surface area (Å²) in [7, 11) is 0. The maximum Gasteiger partial charge on any atom is 0.324 e. The summed E-state index contributed by atoms with van der Waals surface area (Å²) in [5.41, 5.74) is -3.00. The van der Waals surface area contributed by atoms with Gasteiger partial charge in [-0.25, -0.2) is 0 Å². The van der Waals surface area contributed by atoms with E-state index in [-0.39, 0.29) is 0 Å². The highest BCUT2D eigenvalue weighted by molar-refractivity contribution is 5.64. The Morgan fingerprint density at radius 1 is 0.966 bits per heavy atom. The van der Waals surface area contributed by atoms with Gasteiger partial charge in [-0.15, -0.1) is 0 Å². The van der Waals surface area contributed by atoms with Crippen LogP contribution in [0.5, 0.6) is 5.75 Å². The number of nitro benzene ring substituents is 3. The van der Waals surface area contributed by atoms with Crippen LogP contribution in [0.3, 0.4) is 0 Å². The molecule has 1 aliphatic heterocycles. The molecule has 1 fully saturated rings. The van der Waals surface area contributed by atoms with Crippen LogP contribution in [0.25, 0.3) is 0 Å². The first-order valence-corrected chi connectivity index (χ1v) is 8.77. The van der Waals surface area contributed by atoms with Gasteiger partial charge in [-0.3, -0.25) is 35.2 Å². The Bertz CT molecular complexity index is 870. The fraction of sp³-hybridized carbons (Fsp3) is 0.412. The van der Waals surface area contributed by atoms with Crippen LogP contribution in [0.15, 0.2) is 28.7 Å². The molecule has 0 amide bonds. The number of phenols is 1. The number of aryl methyl sites for hydroxylation is 1. The van der Waals surface area contributed by atoms with E-state index in [1.807, 2.05) is 13.0 Å². The number of rotatable bonds is 5. The molecule has 156 valence electrons. The molecule has 1 N–H and O–H groups in total. The van der Waals surface area contributed by atoms with Gasteiger partial charge in [0.2, 0.25) is 0 Å². The molecule has 0 aliphatic carbocycles. The maximum atomic E-state index is 10.4. The number of nitro groups is 3. The summed E-state index contributed by atoms with van der Waals surface area (Å²) in [6, 6.07) is 5.02. The molecule has 1 saturated heterocycles. The SMILES string of the molecule is Cc1ccc(CN2CCCCC2)o1.O=[N+]([O-])c1cc([N+](=O)[O-])c(O)c([N+](=O)[O-])c1. The zero-order valence-electron chi connectivity index (χ0n) is 15.6. The Kier molecular flexibility index (Phi) is 7.20. The Balaban J connectivity index is 0.000000211. The normalized spacial score (nSPS) is 14.0. The number of likely N-dealkylation sites (tertiary alicyclic amines) is 1. The fourth-order valence-corrected chi connectivity index (χ4v) is 2.88. The van der Waals surface area contributed by atoms with Crippen molar-refractivity contribution in [3.8, 4) is 5.75 Å². The van der Waals surface area contributed by atoms with Crippen molar-refractivity contribution in [1.82, 2.24) is 4.90 Å². The molecular weight excluding hydrogens is 388 g/mol. The second kappa shape index (κ2) is 9.59. The predicted octanol–water partition coefficient (Wildman–Crippen LogP) is 3.69. The first-order chi connectivity index (χ1) is 13.7. The van der Waals surface area contributed by atoms with Gasteiger partial charge in [-0.1, -0.05) is 6.42 Å². The number of nitrogens with zero attached hydrogens (tertiary/aromatic N) is 4. The summed E-state index contributed by atoms with van der Waals surface area (Å²) in [5.74, 6) is 0.923. The zero-order valence-corrected chi connectivity index (χ0v) is 15.6. The van der Waals surface area contributed by atoms with E-state index in [9.17, 15) is 30.3 Å². The lowest BCUT2D eigenvalue weighted by Gasteiger charge is -2.25. The van der Waals surface area contributed by atoms with Crippen molar-refractivity contribution in [2.75, 3.05) is 13.1 Å². The minimum Gasteiger partial charge on any atom is -0.497 e. The molecule has 0 spiro atoms. The molecule has 0 saturated carbocycles. The topological polar surface area (TPSA) is 166 Å². The molecule has 12 heteroatoms. The molecule has 1 aromatic carbocycles. The van der Waals surface area contributed by atoms with Crippen molar-refractivity contribution in [3.05, 3.63) is 66.1 Å². The van der Waals surface area contributed by atoms with Gasteiger partial charge in [0.1, 0.15) is 11.5 Å². The number of phenolic OH excluding ortho intramolecular Hbond substituents is 1. The minimum atomic E-state index is -1.21. The molecule has 3 rings (SSSR count). The van der Waals surface area contributed by atoms with Crippen molar-refractivity contribution in [2.24, 2.45) is 0 Å². The van der Waals surface area contributed by atoms with Gasteiger partial charge in [-0.05, 0) is 45.0 Å². The smallest absolute Gasteiger partial charge is 0.324 e. The number of non-ortho nitro benzene ring substituents is 1. The summed E-state index contributed by atoms with van der Waals surface area (Å²) in [4.78, 5) is 30.2. The minimum absolute atomic E-state index is 0.447. The van der Waals surface area contributed by atoms with E-state index >= 15 is 0 Å².